The molecule has 0 aromatic carbocycles. The Labute approximate surface area is 120 Å². The Morgan fingerprint density at radius 3 is 2.71 bits per heavy atom. The molecule has 0 saturated heterocycles. The molecule has 2 heterocycles. The molecule has 0 spiro atoms. The minimum absolute atomic E-state index is 0.141. The molecule has 2 aliphatic carbocycles. The molecule has 0 aliphatic heterocycles. The van der Waals surface area contributed by atoms with Crippen molar-refractivity contribution in [2.24, 2.45) is 0 Å². The molecule has 0 bridgehead atoms. The highest BCUT2D eigenvalue weighted by molar-refractivity contribution is 7.89. The Morgan fingerprint density at radius 2 is 2.00 bits per heavy atom. The number of rotatable bonds is 6. The van der Waals surface area contributed by atoms with Gasteiger partial charge in [0.15, 0.2) is 21.5 Å². The molecule has 2 fully saturated rings. The summed E-state index contributed by atoms with van der Waals surface area (Å²) in [6.07, 6.45) is 4.07. The minimum Gasteiger partial charge on any atom is -0.338 e. The molecule has 4 rings (SSSR count). The van der Waals surface area contributed by atoms with E-state index in [-0.39, 0.29) is 23.4 Å². The predicted octanol–water partition coefficient (Wildman–Crippen LogP) is 0.383. The van der Waals surface area contributed by atoms with Gasteiger partial charge in [0.25, 0.3) is 0 Å². The summed E-state index contributed by atoms with van der Waals surface area (Å²) in [7, 11) is -3.44. The van der Waals surface area contributed by atoms with Crippen LogP contribution in [-0.4, -0.2) is 38.8 Å². The van der Waals surface area contributed by atoms with Gasteiger partial charge >= 0.3 is 0 Å². The second kappa shape index (κ2) is 4.58. The van der Waals surface area contributed by atoms with Crippen molar-refractivity contribution < 1.29 is 12.9 Å². The summed E-state index contributed by atoms with van der Waals surface area (Å²) in [5.74, 6) is 0.985. The smallest absolute Gasteiger partial charge is 0.241 e. The summed E-state index contributed by atoms with van der Waals surface area (Å²) in [5.41, 5.74) is 0. The summed E-state index contributed by atoms with van der Waals surface area (Å²) in [4.78, 5) is 4.14. The van der Waals surface area contributed by atoms with E-state index in [2.05, 4.69) is 25.7 Å². The van der Waals surface area contributed by atoms with E-state index in [0.29, 0.717) is 17.6 Å². The molecule has 2 aliphatic rings. The first-order valence-electron chi connectivity index (χ1n) is 6.90. The average Bonchev–Trinajstić information content (AvgIpc) is 3.35. The van der Waals surface area contributed by atoms with Gasteiger partial charge in [-0.1, -0.05) is 5.16 Å². The van der Waals surface area contributed by atoms with Gasteiger partial charge in [-0.05, 0) is 36.1 Å². The van der Waals surface area contributed by atoms with Gasteiger partial charge in [0.1, 0.15) is 11.5 Å². The van der Waals surface area contributed by atoms with Gasteiger partial charge in [0.2, 0.25) is 5.89 Å². The normalized spacial score (nSPS) is 19.0. The van der Waals surface area contributed by atoms with Crippen LogP contribution in [0.1, 0.15) is 55.2 Å². The number of hydrogen-bond donors (Lipinski definition) is 0. The van der Waals surface area contributed by atoms with E-state index in [1.54, 1.807) is 4.68 Å². The number of tetrazole rings is 1. The summed E-state index contributed by atoms with van der Waals surface area (Å²) >= 11 is 0. The molecule has 21 heavy (non-hydrogen) atoms. The molecule has 0 amide bonds. The van der Waals surface area contributed by atoms with Crippen molar-refractivity contribution in [3.63, 3.8) is 0 Å². The van der Waals surface area contributed by atoms with Crippen molar-refractivity contribution in [1.29, 1.82) is 0 Å². The molecule has 112 valence electrons. The lowest BCUT2D eigenvalue weighted by Crippen LogP contribution is -2.13. The van der Waals surface area contributed by atoms with Gasteiger partial charge in [0, 0.05) is 5.92 Å². The van der Waals surface area contributed by atoms with Crippen molar-refractivity contribution >= 4 is 9.84 Å². The Balaban J connectivity index is 1.48. The predicted molar refractivity (Wildman–Crippen MR) is 68.7 cm³/mol. The second-order valence-corrected chi connectivity index (χ2v) is 7.69. The van der Waals surface area contributed by atoms with Crippen LogP contribution in [0.2, 0.25) is 0 Å². The first-order chi connectivity index (χ1) is 10.1. The van der Waals surface area contributed by atoms with Crippen LogP contribution in [0.3, 0.4) is 0 Å². The SMILES string of the molecule is O=S(=O)(Cc1nc(C2CC2)no1)Cc1nnnn1C1CC1. The van der Waals surface area contributed by atoms with E-state index in [4.69, 9.17) is 4.52 Å². The molecule has 9 nitrogen and oxygen atoms in total. The molecular formula is C11H14N6O3S. The Hall–Kier alpha value is -1.84. The van der Waals surface area contributed by atoms with E-state index < -0.39 is 9.84 Å². The Morgan fingerprint density at radius 1 is 1.19 bits per heavy atom. The zero-order valence-electron chi connectivity index (χ0n) is 11.2. The maximum atomic E-state index is 12.2. The molecular weight excluding hydrogens is 296 g/mol. The highest BCUT2D eigenvalue weighted by atomic mass is 32.2. The zero-order valence-corrected chi connectivity index (χ0v) is 12.0. The van der Waals surface area contributed by atoms with Gasteiger partial charge < -0.3 is 4.52 Å². The maximum absolute atomic E-state index is 12.2. The molecule has 0 radical (unpaired) electrons. The van der Waals surface area contributed by atoms with Crippen LogP contribution in [0.4, 0.5) is 0 Å². The summed E-state index contributed by atoms with van der Waals surface area (Å²) in [6.45, 7) is 0. The van der Waals surface area contributed by atoms with E-state index in [1.165, 1.54) is 0 Å². The van der Waals surface area contributed by atoms with Gasteiger partial charge in [-0.2, -0.15) is 4.98 Å². The fourth-order valence-electron chi connectivity index (χ4n) is 2.18. The van der Waals surface area contributed by atoms with Crippen LogP contribution in [0.25, 0.3) is 0 Å². The van der Waals surface area contributed by atoms with E-state index in [0.717, 1.165) is 25.7 Å². The van der Waals surface area contributed by atoms with Gasteiger partial charge in [-0.15, -0.1) is 5.10 Å². The van der Waals surface area contributed by atoms with Crippen LogP contribution >= 0.6 is 0 Å². The van der Waals surface area contributed by atoms with Crippen LogP contribution in [0, 0.1) is 0 Å². The van der Waals surface area contributed by atoms with E-state index in [1.807, 2.05) is 0 Å². The lowest BCUT2D eigenvalue weighted by atomic mass is 10.4. The van der Waals surface area contributed by atoms with E-state index in [9.17, 15) is 8.42 Å². The average molecular weight is 310 g/mol. The Bertz CT molecular complexity index is 759. The first kappa shape index (κ1) is 12.9. The standard InChI is InChI=1S/C11H14N6O3S/c18-21(19,5-9-13-15-16-17(9)8-3-4-8)6-10-12-11(14-20-10)7-1-2-7/h7-8H,1-6H2. The third-order valence-electron chi connectivity index (χ3n) is 3.57. The van der Waals surface area contributed by atoms with Crippen molar-refractivity contribution in [2.45, 2.75) is 49.1 Å². The van der Waals surface area contributed by atoms with Crippen LogP contribution < -0.4 is 0 Å². The molecule has 0 unspecified atom stereocenters. The lowest BCUT2D eigenvalue weighted by molar-refractivity contribution is 0.382. The highest BCUT2D eigenvalue weighted by Gasteiger charge is 2.31. The summed E-state index contributed by atoms with van der Waals surface area (Å²) < 4.78 is 31.1. The largest absolute Gasteiger partial charge is 0.338 e. The number of sulfone groups is 1. The monoisotopic (exact) mass is 310 g/mol. The van der Waals surface area contributed by atoms with Gasteiger partial charge in [0.05, 0.1) is 6.04 Å². The minimum atomic E-state index is -3.44. The van der Waals surface area contributed by atoms with Crippen LogP contribution in [0.15, 0.2) is 4.52 Å². The molecule has 2 aromatic rings. The fourth-order valence-corrected chi connectivity index (χ4v) is 3.36. The van der Waals surface area contributed by atoms with Crippen LogP contribution in [0.5, 0.6) is 0 Å². The third-order valence-corrected chi connectivity index (χ3v) is 4.96. The molecule has 0 atom stereocenters. The van der Waals surface area contributed by atoms with Crippen LogP contribution in [-0.2, 0) is 21.3 Å². The van der Waals surface area contributed by atoms with Crippen molar-refractivity contribution in [3.8, 4) is 0 Å². The zero-order chi connectivity index (χ0) is 14.4. The summed E-state index contributed by atoms with van der Waals surface area (Å²) in [6, 6.07) is 0.245. The molecule has 0 N–H and O–H groups in total. The van der Waals surface area contributed by atoms with Gasteiger partial charge in [-0.25, -0.2) is 13.1 Å². The number of hydrogen-bond acceptors (Lipinski definition) is 8. The highest BCUT2D eigenvalue weighted by Crippen LogP contribution is 2.38. The van der Waals surface area contributed by atoms with E-state index >= 15 is 0 Å². The maximum Gasteiger partial charge on any atom is 0.241 e. The molecule has 2 aromatic heterocycles. The van der Waals surface area contributed by atoms with Crippen molar-refractivity contribution in [3.05, 3.63) is 17.5 Å². The second-order valence-electron chi connectivity index (χ2n) is 5.62. The quantitative estimate of drug-likeness (QED) is 0.751. The number of nitrogens with zero attached hydrogens (tertiary/aromatic N) is 6. The number of aromatic nitrogens is 6. The summed E-state index contributed by atoms with van der Waals surface area (Å²) in [5, 5.41) is 15.0. The van der Waals surface area contributed by atoms with Gasteiger partial charge in [-0.3, -0.25) is 0 Å². The third kappa shape index (κ3) is 2.80. The topological polar surface area (TPSA) is 117 Å². The first-order valence-corrected chi connectivity index (χ1v) is 8.72. The van der Waals surface area contributed by atoms with Crippen molar-refractivity contribution in [1.82, 2.24) is 30.3 Å². The molecule has 2 saturated carbocycles. The van der Waals surface area contributed by atoms with Crippen molar-refractivity contribution in [2.75, 3.05) is 0 Å². The fraction of sp³-hybridized carbons (Fsp3) is 0.727. The Kier molecular flexibility index (Phi) is 2.81. The molecule has 10 heteroatoms. The lowest BCUT2D eigenvalue weighted by Gasteiger charge is -2.02.